The van der Waals surface area contributed by atoms with Crippen molar-refractivity contribution in [3.63, 3.8) is 0 Å². The van der Waals surface area contributed by atoms with Crippen LogP contribution in [0.2, 0.25) is 0 Å². The summed E-state index contributed by atoms with van der Waals surface area (Å²) in [5.41, 5.74) is 4.48. The molecule has 2 aliphatic heterocycles. The molecule has 0 N–H and O–H groups in total. The normalized spacial score (nSPS) is 29.3. The molecule has 3 nitrogen and oxygen atoms in total. The second-order valence-corrected chi connectivity index (χ2v) is 5.90. The molecule has 3 heteroatoms. The molecular weight excluding hydrogens is 252 g/mol. The highest BCUT2D eigenvalue weighted by Gasteiger charge is 2.34. The van der Waals surface area contributed by atoms with Gasteiger partial charge < -0.3 is 9.47 Å². The van der Waals surface area contributed by atoms with Gasteiger partial charge in [0.1, 0.15) is 0 Å². The zero-order valence-electron chi connectivity index (χ0n) is 11.4. The Bertz CT molecular complexity index is 582. The van der Waals surface area contributed by atoms with Gasteiger partial charge in [0, 0.05) is 24.5 Å². The van der Waals surface area contributed by atoms with Crippen LogP contribution >= 0.6 is 0 Å². The van der Waals surface area contributed by atoms with E-state index in [4.69, 9.17) is 9.47 Å². The fourth-order valence-electron chi connectivity index (χ4n) is 3.59. The minimum Gasteiger partial charge on any atom is -0.381 e. The number of fused-ring (bicyclic) bond motifs is 2. The quantitative estimate of drug-likeness (QED) is 0.787. The highest BCUT2D eigenvalue weighted by molar-refractivity contribution is 6.06. The van der Waals surface area contributed by atoms with Crippen LogP contribution in [-0.4, -0.2) is 31.7 Å². The van der Waals surface area contributed by atoms with Crippen molar-refractivity contribution in [3.05, 3.63) is 41.0 Å². The van der Waals surface area contributed by atoms with E-state index < -0.39 is 0 Å². The number of ketones is 1. The molecule has 0 spiro atoms. The highest BCUT2D eigenvalue weighted by atomic mass is 16.5. The summed E-state index contributed by atoms with van der Waals surface area (Å²) in [4.78, 5) is 12.3. The second-order valence-electron chi connectivity index (χ2n) is 5.90. The van der Waals surface area contributed by atoms with Crippen molar-refractivity contribution in [2.45, 2.75) is 25.4 Å². The zero-order chi connectivity index (χ0) is 13.5. The number of Topliss-reactive ketones (excluding diaryl/α,β-unsaturated/α-hetero) is 1. The lowest BCUT2D eigenvalue weighted by Gasteiger charge is -2.33. The van der Waals surface area contributed by atoms with Gasteiger partial charge in [-0.25, -0.2) is 0 Å². The fraction of sp³-hybridized carbons (Fsp3) is 0.471. The van der Waals surface area contributed by atoms with Crippen LogP contribution in [0, 0.1) is 5.92 Å². The SMILES string of the molecule is O=C1CC2=C(COC(C3CCOC3)C2)c2ccccc21. The van der Waals surface area contributed by atoms with Gasteiger partial charge in [-0.15, -0.1) is 0 Å². The molecule has 1 saturated heterocycles. The standard InChI is InChI=1S/C17H18O3/c18-16-7-12-8-17(11-5-6-19-9-11)20-10-15(12)13-3-1-2-4-14(13)16/h1-4,11,17H,5-10H2. The van der Waals surface area contributed by atoms with E-state index in [2.05, 4.69) is 0 Å². The molecule has 0 aromatic heterocycles. The largest absolute Gasteiger partial charge is 0.381 e. The van der Waals surface area contributed by atoms with Crippen molar-refractivity contribution in [2.75, 3.05) is 19.8 Å². The van der Waals surface area contributed by atoms with E-state index in [0.717, 1.165) is 37.2 Å². The molecule has 104 valence electrons. The van der Waals surface area contributed by atoms with Gasteiger partial charge in [-0.1, -0.05) is 29.8 Å². The van der Waals surface area contributed by atoms with Crippen LogP contribution in [0.25, 0.3) is 5.57 Å². The summed E-state index contributed by atoms with van der Waals surface area (Å²) in [6, 6.07) is 7.91. The van der Waals surface area contributed by atoms with Gasteiger partial charge in [0.25, 0.3) is 0 Å². The number of carbonyl (C=O) groups excluding carboxylic acids is 1. The van der Waals surface area contributed by atoms with Gasteiger partial charge >= 0.3 is 0 Å². The Morgan fingerprint density at radius 2 is 2.00 bits per heavy atom. The van der Waals surface area contributed by atoms with E-state index in [1.54, 1.807) is 0 Å². The molecule has 2 atom stereocenters. The van der Waals surface area contributed by atoms with Gasteiger partial charge in [-0.05, 0) is 24.0 Å². The second kappa shape index (κ2) is 4.83. The molecule has 1 aliphatic carbocycles. The minimum atomic E-state index is 0.231. The number of hydrogen-bond acceptors (Lipinski definition) is 3. The lowest BCUT2D eigenvalue weighted by Crippen LogP contribution is -2.31. The van der Waals surface area contributed by atoms with Crippen molar-refractivity contribution in [3.8, 4) is 0 Å². The molecular formula is C17H18O3. The summed E-state index contributed by atoms with van der Waals surface area (Å²) < 4.78 is 11.5. The Kier molecular flexibility index (Phi) is 2.97. The molecule has 0 amide bonds. The number of benzene rings is 1. The van der Waals surface area contributed by atoms with Crippen molar-refractivity contribution in [1.29, 1.82) is 0 Å². The summed E-state index contributed by atoms with van der Waals surface area (Å²) >= 11 is 0. The van der Waals surface area contributed by atoms with E-state index in [9.17, 15) is 4.79 Å². The third-order valence-electron chi connectivity index (χ3n) is 4.73. The first-order valence-corrected chi connectivity index (χ1v) is 7.36. The summed E-state index contributed by atoms with van der Waals surface area (Å²) in [7, 11) is 0. The Morgan fingerprint density at radius 1 is 1.15 bits per heavy atom. The summed E-state index contributed by atoms with van der Waals surface area (Å²) in [6.45, 7) is 2.29. The van der Waals surface area contributed by atoms with Gasteiger partial charge in [0.15, 0.2) is 5.78 Å². The Labute approximate surface area is 118 Å². The average molecular weight is 270 g/mol. The van der Waals surface area contributed by atoms with Gasteiger partial charge in [0.05, 0.1) is 19.3 Å². The van der Waals surface area contributed by atoms with Crippen LogP contribution in [0.15, 0.2) is 29.8 Å². The predicted octanol–water partition coefficient (Wildman–Crippen LogP) is 2.85. The fourth-order valence-corrected chi connectivity index (χ4v) is 3.59. The molecule has 1 fully saturated rings. The molecule has 2 heterocycles. The molecule has 0 radical (unpaired) electrons. The molecule has 4 rings (SSSR count). The van der Waals surface area contributed by atoms with Crippen molar-refractivity contribution in [2.24, 2.45) is 5.92 Å². The number of hydrogen-bond donors (Lipinski definition) is 0. The molecule has 0 saturated carbocycles. The molecule has 1 aromatic rings. The van der Waals surface area contributed by atoms with Crippen molar-refractivity contribution in [1.82, 2.24) is 0 Å². The third-order valence-corrected chi connectivity index (χ3v) is 4.73. The average Bonchev–Trinajstić information content (AvgIpc) is 3.01. The first-order chi connectivity index (χ1) is 9.83. The van der Waals surface area contributed by atoms with Crippen LogP contribution in [0.3, 0.4) is 0 Å². The Balaban J connectivity index is 1.66. The number of rotatable bonds is 1. The first-order valence-electron chi connectivity index (χ1n) is 7.36. The number of carbonyl (C=O) groups is 1. The van der Waals surface area contributed by atoms with E-state index in [-0.39, 0.29) is 11.9 Å². The van der Waals surface area contributed by atoms with Crippen LogP contribution in [-0.2, 0) is 9.47 Å². The monoisotopic (exact) mass is 270 g/mol. The van der Waals surface area contributed by atoms with Crippen molar-refractivity contribution < 1.29 is 14.3 Å². The van der Waals surface area contributed by atoms with Gasteiger partial charge in [-0.2, -0.15) is 0 Å². The van der Waals surface area contributed by atoms with Gasteiger partial charge in [0.2, 0.25) is 0 Å². The van der Waals surface area contributed by atoms with E-state index in [1.807, 2.05) is 24.3 Å². The maximum absolute atomic E-state index is 12.3. The summed E-state index contributed by atoms with van der Waals surface area (Å²) in [5, 5.41) is 0. The summed E-state index contributed by atoms with van der Waals surface area (Å²) in [5.74, 6) is 0.749. The highest BCUT2D eigenvalue weighted by Crippen LogP contribution is 2.39. The maximum Gasteiger partial charge on any atom is 0.167 e. The lowest BCUT2D eigenvalue weighted by molar-refractivity contribution is 0.0196. The predicted molar refractivity (Wildman–Crippen MR) is 75.6 cm³/mol. The molecule has 20 heavy (non-hydrogen) atoms. The van der Waals surface area contributed by atoms with Crippen LogP contribution < -0.4 is 0 Å². The minimum absolute atomic E-state index is 0.231. The Morgan fingerprint density at radius 3 is 2.80 bits per heavy atom. The lowest BCUT2D eigenvalue weighted by atomic mass is 9.80. The zero-order valence-corrected chi connectivity index (χ0v) is 11.4. The first kappa shape index (κ1) is 12.3. The molecule has 1 aromatic carbocycles. The Hall–Kier alpha value is -1.45. The molecule has 3 aliphatic rings. The van der Waals surface area contributed by atoms with E-state index in [1.165, 1.54) is 11.1 Å². The molecule has 0 bridgehead atoms. The van der Waals surface area contributed by atoms with E-state index in [0.29, 0.717) is 18.9 Å². The van der Waals surface area contributed by atoms with Crippen LogP contribution in [0.1, 0.15) is 35.2 Å². The van der Waals surface area contributed by atoms with Crippen LogP contribution in [0.4, 0.5) is 0 Å². The summed E-state index contributed by atoms with van der Waals surface area (Å²) in [6.07, 6.45) is 2.77. The van der Waals surface area contributed by atoms with Crippen molar-refractivity contribution >= 4 is 11.4 Å². The third kappa shape index (κ3) is 1.93. The van der Waals surface area contributed by atoms with E-state index >= 15 is 0 Å². The molecule has 2 unspecified atom stereocenters. The number of ether oxygens (including phenoxy) is 2. The van der Waals surface area contributed by atoms with Crippen LogP contribution in [0.5, 0.6) is 0 Å². The maximum atomic E-state index is 12.3. The smallest absolute Gasteiger partial charge is 0.167 e. The topological polar surface area (TPSA) is 35.5 Å². The van der Waals surface area contributed by atoms with Gasteiger partial charge in [-0.3, -0.25) is 4.79 Å².